The second kappa shape index (κ2) is 10.4. The number of likely N-dealkylation sites (tertiary alicyclic amines) is 1. The summed E-state index contributed by atoms with van der Waals surface area (Å²) in [6.45, 7) is 2.18. The highest BCUT2D eigenvalue weighted by Gasteiger charge is 2.19. The van der Waals surface area contributed by atoms with Crippen LogP contribution >= 0.6 is 23.1 Å². The van der Waals surface area contributed by atoms with Crippen molar-refractivity contribution in [3.63, 3.8) is 0 Å². The molecule has 154 valence electrons. The quantitative estimate of drug-likeness (QED) is 0.444. The SMILES string of the molecule is CN1CCCCC1CCSc1nnc(Cc2cccs2)n1CCc1ccccc1. The highest BCUT2D eigenvalue weighted by Crippen LogP contribution is 2.25. The fourth-order valence-corrected chi connectivity index (χ4v) is 5.76. The van der Waals surface area contributed by atoms with Gasteiger partial charge >= 0.3 is 0 Å². The van der Waals surface area contributed by atoms with Gasteiger partial charge in [0.25, 0.3) is 0 Å². The van der Waals surface area contributed by atoms with Crippen molar-refractivity contribution in [1.82, 2.24) is 19.7 Å². The number of thiophene rings is 1. The third kappa shape index (κ3) is 5.71. The minimum atomic E-state index is 0.725. The van der Waals surface area contributed by atoms with E-state index in [9.17, 15) is 0 Å². The predicted octanol–water partition coefficient (Wildman–Crippen LogP) is 5.14. The molecule has 3 heterocycles. The molecule has 1 aliphatic heterocycles. The van der Waals surface area contributed by atoms with Crippen LogP contribution in [0.2, 0.25) is 0 Å². The van der Waals surface area contributed by atoms with Crippen LogP contribution in [-0.4, -0.2) is 45.1 Å². The minimum absolute atomic E-state index is 0.725. The van der Waals surface area contributed by atoms with Crippen LogP contribution in [0.1, 0.15) is 41.9 Å². The first-order valence-electron chi connectivity index (χ1n) is 10.6. The third-order valence-electron chi connectivity index (χ3n) is 5.78. The van der Waals surface area contributed by atoms with Crippen LogP contribution in [0.4, 0.5) is 0 Å². The van der Waals surface area contributed by atoms with Crippen LogP contribution in [0.25, 0.3) is 0 Å². The molecule has 0 radical (unpaired) electrons. The van der Waals surface area contributed by atoms with Crippen LogP contribution in [0, 0.1) is 0 Å². The number of nitrogens with zero attached hydrogens (tertiary/aromatic N) is 4. The maximum Gasteiger partial charge on any atom is 0.191 e. The highest BCUT2D eigenvalue weighted by molar-refractivity contribution is 7.99. The van der Waals surface area contributed by atoms with E-state index < -0.39 is 0 Å². The zero-order valence-electron chi connectivity index (χ0n) is 17.2. The molecular formula is C23H30N4S2. The van der Waals surface area contributed by atoms with E-state index in [1.165, 1.54) is 42.7 Å². The van der Waals surface area contributed by atoms with Crippen molar-refractivity contribution in [2.45, 2.75) is 56.3 Å². The Bertz CT molecular complexity index is 860. The Kier molecular flexibility index (Phi) is 7.41. The lowest BCUT2D eigenvalue weighted by molar-refractivity contribution is 0.182. The maximum absolute atomic E-state index is 4.58. The number of hydrogen-bond donors (Lipinski definition) is 0. The number of hydrogen-bond acceptors (Lipinski definition) is 5. The lowest BCUT2D eigenvalue weighted by atomic mass is 10.0. The predicted molar refractivity (Wildman–Crippen MR) is 123 cm³/mol. The minimum Gasteiger partial charge on any atom is -0.305 e. The number of piperidine rings is 1. The first-order chi connectivity index (χ1) is 14.3. The summed E-state index contributed by atoms with van der Waals surface area (Å²) in [5, 5.41) is 12.4. The van der Waals surface area contributed by atoms with Crippen LogP contribution < -0.4 is 0 Å². The Morgan fingerprint density at radius 3 is 2.79 bits per heavy atom. The van der Waals surface area contributed by atoms with Crippen molar-refractivity contribution in [3.05, 3.63) is 64.1 Å². The van der Waals surface area contributed by atoms with Gasteiger partial charge in [0.05, 0.1) is 0 Å². The van der Waals surface area contributed by atoms with Gasteiger partial charge in [-0.15, -0.1) is 21.5 Å². The molecule has 1 aliphatic rings. The number of rotatable bonds is 9. The monoisotopic (exact) mass is 426 g/mol. The average Bonchev–Trinajstić information content (AvgIpc) is 3.39. The molecule has 0 spiro atoms. The maximum atomic E-state index is 4.58. The summed E-state index contributed by atoms with van der Waals surface area (Å²) < 4.78 is 2.35. The highest BCUT2D eigenvalue weighted by atomic mass is 32.2. The van der Waals surface area contributed by atoms with Gasteiger partial charge in [0, 0.05) is 29.6 Å². The lowest BCUT2D eigenvalue weighted by Crippen LogP contribution is -2.36. The summed E-state index contributed by atoms with van der Waals surface area (Å²) in [5.41, 5.74) is 1.36. The van der Waals surface area contributed by atoms with Gasteiger partial charge < -0.3 is 9.47 Å². The number of thioether (sulfide) groups is 1. The molecule has 6 heteroatoms. The molecule has 0 aliphatic carbocycles. The molecule has 0 saturated carbocycles. The van der Waals surface area contributed by atoms with Crippen LogP contribution in [0.5, 0.6) is 0 Å². The second-order valence-electron chi connectivity index (χ2n) is 7.81. The van der Waals surface area contributed by atoms with E-state index in [4.69, 9.17) is 0 Å². The van der Waals surface area contributed by atoms with Gasteiger partial charge in [-0.2, -0.15) is 0 Å². The Morgan fingerprint density at radius 1 is 1.10 bits per heavy atom. The zero-order valence-corrected chi connectivity index (χ0v) is 18.8. The fourth-order valence-electron chi connectivity index (χ4n) is 4.03. The molecule has 4 rings (SSSR count). The van der Waals surface area contributed by atoms with E-state index in [1.54, 1.807) is 11.3 Å². The van der Waals surface area contributed by atoms with E-state index in [-0.39, 0.29) is 0 Å². The van der Waals surface area contributed by atoms with E-state index in [0.717, 1.165) is 42.2 Å². The Hall–Kier alpha value is -1.63. The van der Waals surface area contributed by atoms with Crippen molar-refractivity contribution >= 4 is 23.1 Å². The topological polar surface area (TPSA) is 34.0 Å². The van der Waals surface area contributed by atoms with E-state index in [0.29, 0.717) is 0 Å². The number of benzene rings is 1. The molecule has 4 nitrogen and oxygen atoms in total. The van der Waals surface area contributed by atoms with Gasteiger partial charge in [0.1, 0.15) is 5.82 Å². The van der Waals surface area contributed by atoms with E-state index in [2.05, 4.69) is 74.6 Å². The molecule has 1 atom stereocenters. The molecule has 0 bridgehead atoms. The van der Waals surface area contributed by atoms with Crippen molar-refractivity contribution in [1.29, 1.82) is 0 Å². The summed E-state index contributed by atoms with van der Waals surface area (Å²) in [6, 6.07) is 15.7. The van der Waals surface area contributed by atoms with Crippen molar-refractivity contribution in [2.24, 2.45) is 0 Å². The van der Waals surface area contributed by atoms with E-state index >= 15 is 0 Å². The zero-order chi connectivity index (χ0) is 19.9. The Morgan fingerprint density at radius 2 is 2.00 bits per heavy atom. The standard InChI is InChI=1S/C23H30N4S2/c1-26-14-6-5-10-20(26)13-17-29-23-25-24-22(18-21-11-7-16-28-21)27(23)15-12-19-8-3-2-4-9-19/h2-4,7-9,11,16,20H,5-6,10,12-15,17-18H2,1H3. The van der Waals surface area contributed by atoms with Gasteiger partial charge in [0.15, 0.2) is 5.16 Å². The molecule has 0 amide bonds. The largest absolute Gasteiger partial charge is 0.305 e. The number of aryl methyl sites for hydroxylation is 1. The molecule has 1 aromatic carbocycles. The van der Waals surface area contributed by atoms with Crippen LogP contribution in [-0.2, 0) is 19.4 Å². The Balaban J connectivity index is 1.42. The van der Waals surface area contributed by atoms with Crippen molar-refractivity contribution in [3.8, 4) is 0 Å². The molecule has 1 saturated heterocycles. The van der Waals surface area contributed by atoms with Gasteiger partial charge in [-0.3, -0.25) is 0 Å². The van der Waals surface area contributed by atoms with Gasteiger partial charge in [-0.25, -0.2) is 0 Å². The number of aromatic nitrogens is 3. The molecule has 29 heavy (non-hydrogen) atoms. The van der Waals surface area contributed by atoms with Crippen molar-refractivity contribution < 1.29 is 0 Å². The smallest absolute Gasteiger partial charge is 0.191 e. The third-order valence-corrected chi connectivity index (χ3v) is 7.65. The first-order valence-corrected chi connectivity index (χ1v) is 12.5. The molecule has 0 N–H and O–H groups in total. The molecule has 1 fully saturated rings. The molecule has 2 aromatic heterocycles. The summed E-state index contributed by atoms with van der Waals surface area (Å²) in [6.07, 6.45) is 7.16. The molecule has 1 unspecified atom stereocenters. The van der Waals surface area contributed by atoms with Crippen LogP contribution in [0.15, 0.2) is 53.0 Å². The van der Waals surface area contributed by atoms with Crippen molar-refractivity contribution in [2.75, 3.05) is 19.3 Å². The fraction of sp³-hybridized carbons (Fsp3) is 0.478. The summed E-state index contributed by atoms with van der Waals surface area (Å²) in [7, 11) is 2.27. The van der Waals surface area contributed by atoms with Gasteiger partial charge in [0.2, 0.25) is 0 Å². The average molecular weight is 427 g/mol. The second-order valence-corrected chi connectivity index (χ2v) is 9.90. The van der Waals surface area contributed by atoms with E-state index in [1.807, 2.05) is 11.8 Å². The van der Waals surface area contributed by atoms with Gasteiger partial charge in [-0.1, -0.05) is 54.6 Å². The summed E-state index contributed by atoms with van der Waals surface area (Å²) >= 11 is 3.67. The van der Waals surface area contributed by atoms with Crippen LogP contribution in [0.3, 0.4) is 0 Å². The first kappa shape index (κ1) is 20.6. The summed E-state index contributed by atoms with van der Waals surface area (Å²) in [4.78, 5) is 3.88. The van der Waals surface area contributed by atoms with Gasteiger partial charge in [-0.05, 0) is 56.3 Å². The molecular weight excluding hydrogens is 396 g/mol. The lowest BCUT2D eigenvalue weighted by Gasteiger charge is -2.32. The normalized spacial score (nSPS) is 17.6. The molecule has 3 aromatic rings. The summed E-state index contributed by atoms with van der Waals surface area (Å²) in [5.74, 6) is 2.19. The Labute approximate surface area is 182 Å².